The van der Waals surface area contributed by atoms with Gasteiger partial charge in [-0.15, -0.1) is 10.2 Å². The number of hydrogen-bond donors (Lipinski definition) is 1. The van der Waals surface area contributed by atoms with Crippen molar-refractivity contribution in [2.75, 3.05) is 5.75 Å². The maximum absolute atomic E-state index is 8.82. The molecule has 98 valence electrons. The molecule has 0 amide bonds. The minimum Gasteiger partial charge on any atom is -0.324 e. The molecule has 0 bridgehead atoms. The Morgan fingerprint density at radius 2 is 2.22 bits per heavy atom. The number of nitrogens with two attached hydrogens (primary N) is 1. The van der Waals surface area contributed by atoms with Crippen molar-refractivity contribution in [2.24, 2.45) is 11.1 Å². The molecule has 1 aromatic heterocycles. The lowest BCUT2D eigenvalue weighted by molar-refractivity contribution is 0.524. The molecular weight excluding hydrogens is 246 g/mol. The quantitative estimate of drug-likeness (QED) is 0.797. The van der Waals surface area contributed by atoms with E-state index in [2.05, 4.69) is 34.7 Å². The van der Waals surface area contributed by atoms with Crippen LogP contribution in [0.3, 0.4) is 0 Å². The van der Waals surface area contributed by atoms with Crippen molar-refractivity contribution in [3.63, 3.8) is 0 Å². The number of thioether (sulfide) groups is 1. The highest BCUT2D eigenvalue weighted by Crippen LogP contribution is 2.51. The molecular formula is C12H19N5S. The topological polar surface area (TPSA) is 80.5 Å². The monoisotopic (exact) mass is 265 g/mol. The van der Waals surface area contributed by atoms with Gasteiger partial charge in [0.15, 0.2) is 5.16 Å². The van der Waals surface area contributed by atoms with Crippen molar-refractivity contribution in [3.8, 4) is 6.07 Å². The van der Waals surface area contributed by atoms with E-state index in [0.29, 0.717) is 19.0 Å². The van der Waals surface area contributed by atoms with Crippen LogP contribution < -0.4 is 5.73 Å². The molecule has 0 aromatic carbocycles. The summed E-state index contributed by atoms with van der Waals surface area (Å²) in [6.07, 6.45) is 2.97. The fraction of sp³-hybridized carbons (Fsp3) is 0.750. The Kier molecular flexibility index (Phi) is 3.93. The maximum atomic E-state index is 8.82. The molecule has 1 heterocycles. The summed E-state index contributed by atoms with van der Waals surface area (Å²) >= 11 is 1.70. The molecule has 1 saturated carbocycles. The zero-order valence-electron chi connectivity index (χ0n) is 10.9. The van der Waals surface area contributed by atoms with Gasteiger partial charge < -0.3 is 10.3 Å². The lowest BCUT2D eigenvalue weighted by Gasteiger charge is -2.14. The molecule has 1 aromatic rings. The number of nitriles is 1. The summed E-state index contributed by atoms with van der Waals surface area (Å²) in [4.78, 5) is 0. The first kappa shape index (κ1) is 13.4. The fourth-order valence-electron chi connectivity index (χ4n) is 2.00. The first-order valence-electron chi connectivity index (χ1n) is 6.25. The highest BCUT2D eigenvalue weighted by Gasteiger charge is 2.42. The SMILES string of the molecule is CC(C)n1c(CN)nnc1SCC1(CC#N)CC1. The average molecular weight is 265 g/mol. The highest BCUT2D eigenvalue weighted by atomic mass is 32.2. The normalized spacial score (nSPS) is 16.8. The third-order valence-corrected chi connectivity index (χ3v) is 4.65. The Bertz CT molecular complexity index is 456. The third kappa shape index (κ3) is 2.68. The van der Waals surface area contributed by atoms with Crippen molar-refractivity contribution in [2.45, 2.75) is 50.9 Å². The van der Waals surface area contributed by atoms with Crippen LogP contribution in [0.4, 0.5) is 0 Å². The van der Waals surface area contributed by atoms with E-state index < -0.39 is 0 Å². The second kappa shape index (κ2) is 5.29. The lowest BCUT2D eigenvalue weighted by Crippen LogP contribution is -2.12. The van der Waals surface area contributed by atoms with Gasteiger partial charge in [0, 0.05) is 18.2 Å². The van der Waals surface area contributed by atoms with Crippen LogP contribution in [0.25, 0.3) is 0 Å². The molecule has 1 aliphatic rings. The smallest absolute Gasteiger partial charge is 0.191 e. The Hall–Kier alpha value is -1.06. The third-order valence-electron chi connectivity index (χ3n) is 3.35. The average Bonchev–Trinajstić information content (AvgIpc) is 2.97. The summed E-state index contributed by atoms with van der Waals surface area (Å²) in [5.41, 5.74) is 5.90. The van der Waals surface area contributed by atoms with Crippen LogP contribution >= 0.6 is 11.8 Å². The van der Waals surface area contributed by atoms with Gasteiger partial charge in [-0.05, 0) is 32.1 Å². The summed E-state index contributed by atoms with van der Waals surface area (Å²) in [6, 6.07) is 2.60. The first-order valence-corrected chi connectivity index (χ1v) is 7.24. The fourth-order valence-corrected chi connectivity index (χ4v) is 3.38. The van der Waals surface area contributed by atoms with E-state index in [-0.39, 0.29) is 5.41 Å². The van der Waals surface area contributed by atoms with E-state index in [1.165, 1.54) is 0 Å². The Labute approximate surface area is 112 Å². The highest BCUT2D eigenvalue weighted by molar-refractivity contribution is 7.99. The molecule has 0 saturated heterocycles. The van der Waals surface area contributed by atoms with Gasteiger partial charge in [-0.25, -0.2) is 0 Å². The van der Waals surface area contributed by atoms with Crippen molar-refractivity contribution in [1.29, 1.82) is 5.26 Å². The molecule has 0 unspecified atom stereocenters. The van der Waals surface area contributed by atoms with Crippen LogP contribution in [0.2, 0.25) is 0 Å². The van der Waals surface area contributed by atoms with Crippen LogP contribution in [0, 0.1) is 16.7 Å². The van der Waals surface area contributed by atoms with Crippen LogP contribution in [0.15, 0.2) is 5.16 Å². The van der Waals surface area contributed by atoms with Gasteiger partial charge in [-0.1, -0.05) is 11.8 Å². The molecule has 0 spiro atoms. The van der Waals surface area contributed by atoms with Gasteiger partial charge >= 0.3 is 0 Å². The number of aromatic nitrogens is 3. The minimum absolute atomic E-state index is 0.232. The molecule has 1 aliphatic carbocycles. The van der Waals surface area contributed by atoms with E-state index in [4.69, 9.17) is 11.0 Å². The first-order chi connectivity index (χ1) is 8.62. The molecule has 1 fully saturated rings. The second-order valence-corrected chi connectivity index (χ2v) is 6.13. The van der Waals surface area contributed by atoms with E-state index in [1.54, 1.807) is 11.8 Å². The van der Waals surface area contributed by atoms with Crippen molar-refractivity contribution < 1.29 is 0 Å². The Morgan fingerprint density at radius 1 is 1.50 bits per heavy atom. The van der Waals surface area contributed by atoms with E-state index in [9.17, 15) is 0 Å². The molecule has 2 N–H and O–H groups in total. The molecule has 0 aliphatic heterocycles. The summed E-state index contributed by atoms with van der Waals surface area (Å²) in [5, 5.41) is 18.1. The summed E-state index contributed by atoms with van der Waals surface area (Å²) in [5.74, 6) is 1.79. The van der Waals surface area contributed by atoms with Crippen LogP contribution in [0.5, 0.6) is 0 Å². The largest absolute Gasteiger partial charge is 0.324 e. The zero-order valence-corrected chi connectivity index (χ0v) is 11.7. The van der Waals surface area contributed by atoms with Gasteiger partial charge in [-0.3, -0.25) is 0 Å². The van der Waals surface area contributed by atoms with E-state index >= 15 is 0 Å². The van der Waals surface area contributed by atoms with Gasteiger partial charge in [-0.2, -0.15) is 5.26 Å². The molecule has 0 radical (unpaired) electrons. The van der Waals surface area contributed by atoms with Crippen LogP contribution in [-0.4, -0.2) is 20.5 Å². The molecule has 18 heavy (non-hydrogen) atoms. The zero-order chi connectivity index (χ0) is 13.2. The summed E-state index contributed by atoms with van der Waals surface area (Å²) < 4.78 is 2.09. The van der Waals surface area contributed by atoms with Gasteiger partial charge in [0.2, 0.25) is 0 Å². The number of rotatable bonds is 6. The molecule has 0 atom stereocenters. The van der Waals surface area contributed by atoms with Gasteiger partial charge in [0.05, 0.1) is 12.6 Å². The summed E-state index contributed by atoms with van der Waals surface area (Å²) in [6.45, 7) is 4.62. The van der Waals surface area contributed by atoms with Crippen LogP contribution in [-0.2, 0) is 6.54 Å². The number of hydrogen-bond acceptors (Lipinski definition) is 5. The minimum atomic E-state index is 0.232. The second-order valence-electron chi connectivity index (χ2n) is 5.19. The Morgan fingerprint density at radius 3 is 2.72 bits per heavy atom. The lowest BCUT2D eigenvalue weighted by atomic mass is 10.1. The van der Waals surface area contributed by atoms with Crippen molar-refractivity contribution in [3.05, 3.63) is 5.82 Å². The molecule has 2 rings (SSSR count). The standard InChI is InChI=1S/C12H19N5S/c1-9(2)17-10(7-14)15-16-11(17)18-8-12(3-4-12)5-6-13/h9H,3-5,7-8,14H2,1-2H3. The van der Waals surface area contributed by atoms with Crippen molar-refractivity contribution in [1.82, 2.24) is 14.8 Å². The van der Waals surface area contributed by atoms with Crippen LogP contribution in [0.1, 0.15) is 45.0 Å². The molecule has 5 nitrogen and oxygen atoms in total. The summed E-state index contributed by atoms with van der Waals surface area (Å²) in [7, 11) is 0. The van der Waals surface area contributed by atoms with E-state index in [1.807, 2.05) is 0 Å². The van der Waals surface area contributed by atoms with Gasteiger partial charge in [0.25, 0.3) is 0 Å². The Balaban J connectivity index is 2.06. The predicted octanol–water partition coefficient (Wildman–Crippen LogP) is 2.10. The predicted molar refractivity (Wildman–Crippen MR) is 70.9 cm³/mol. The van der Waals surface area contributed by atoms with Crippen molar-refractivity contribution >= 4 is 11.8 Å². The molecule has 6 heteroatoms. The van der Waals surface area contributed by atoms with Gasteiger partial charge in [0.1, 0.15) is 5.82 Å². The van der Waals surface area contributed by atoms with E-state index in [0.717, 1.165) is 29.6 Å². The number of nitrogens with zero attached hydrogens (tertiary/aromatic N) is 4. The maximum Gasteiger partial charge on any atom is 0.191 e.